The van der Waals surface area contributed by atoms with Gasteiger partial charge in [0, 0.05) is 26.6 Å². The van der Waals surface area contributed by atoms with Crippen molar-refractivity contribution in [2.75, 3.05) is 26.1 Å². The van der Waals surface area contributed by atoms with E-state index in [2.05, 4.69) is 26.5 Å². The SMILES string of the molecule is COC(C)Cn1nc(C)c2cnc(NC3=CN4C(=NCN4C)C=C3C)nc21. The van der Waals surface area contributed by atoms with Crippen molar-refractivity contribution in [3.05, 3.63) is 35.4 Å². The number of hydrogen-bond acceptors (Lipinski definition) is 8. The van der Waals surface area contributed by atoms with Crippen LogP contribution in [0, 0.1) is 6.92 Å². The van der Waals surface area contributed by atoms with E-state index >= 15 is 0 Å². The van der Waals surface area contributed by atoms with Crippen LogP contribution >= 0.6 is 0 Å². The van der Waals surface area contributed by atoms with Crippen molar-refractivity contribution in [3.63, 3.8) is 0 Å². The second-order valence-electron chi connectivity index (χ2n) is 6.90. The molecule has 2 aliphatic rings. The fourth-order valence-corrected chi connectivity index (χ4v) is 3.13. The zero-order valence-corrected chi connectivity index (χ0v) is 16.3. The van der Waals surface area contributed by atoms with E-state index in [1.54, 1.807) is 7.11 Å². The molecule has 0 fully saturated rings. The molecule has 4 rings (SSSR count). The van der Waals surface area contributed by atoms with Crippen molar-refractivity contribution in [2.45, 2.75) is 33.4 Å². The highest BCUT2D eigenvalue weighted by Crippen LogP contribution is 2.24. The molecule has 1 atom stereocenters. The molecule has 0 aromatic carbocycles. The average molecular weight is 368 g/mol. The number of aliphatic imine (C=N–C) groups is 1. The van der Waals surface area contributed by atoms with Gasteiger partial charge in [-0.15, -0.1) is 0 Å². The smallest absolute Gasteiger partial charge is 0.229 e. The molecule has 0 aliphatic carbocycles. The minimum Gasteiger partial charge on any atom is -0.380 e. The van der Waals surface area contributed by atoms with Crippen LogP contribution in [0.3, 0.4) is 0 Å². The first-order chi connectivity index (χ1) is 13.0. The Morgan fingerprint density at radius 1 is 1.33 bits per heavy atom. The summed E-state index contributed by atoms with van der Waals surface area (Å²) in [4.78, 5) is 13.7. The Kier molecular flexibility index (Phi) is 4.40. The number of aryl methyl sites for hydroxylation is 1. The summed E-state index contributed by atoms with van der Waals surface area (Å²) >= 11 is 0. The second-order valence-corrected chi connectivity index (χ2v) is 6.90. The van der Waals surface area contributed by atoms with Gasteiger partial charge in [0.15, 0.2) is 5.65 Å². The minimum absolute atomic E-state index is 0.0496. The van der Waals surface area contributed by atoms with Gasteiger partial charge in [0.05, 0.1) is 29.4 Å². The lowest BCUT2D eigenvalue weighted by molar-refractivity contribution is 0.101. The third-order valence-electron chi connectivity index (χ3n) is 4.81. The van der Waals surface area contributed by atoms with E-state index in [1.807, 2.05) is 54.9 Å². The summed E-state index contributed by atoms with van der Waals surface area (Å²) in [7, 11) is 3.70. The molecule has 0 amide bonds. The zero-order valence-electron chi connectivity index (χ0n) is 16.3. The van der Waals surface area contributed by atoms with Crippen LogP contribution in [-0.2, 0) is 11.3 Å². The summed E-state index contributed by atoms with van der Waals surface area (Å²) < 4.78 is 7.25. The first kappa shape index (κ1) is 17.6. The van der Waals surface area contributed by atoms with Gasteiger partial charge in [0.1, 0.15) is 12.5 Å². The number of anilines is 1. The Bertz CT molecular complexity index is 973. The zero-order chi connectivity index (χ0) is 19.1. The number of rotatable bonds is 5. The first-order valence-electron chi connectivity index (χ1n) is 8.91. The summed E-state index contributed by atoms with van der Waals surface area (Å²) in [5, 5.41) is 12.9. The number of fused-ring (bicyclic) bond motifs is 2. The van der Waals surface area contributed by atoms with Crippen molar-refractivity contribution < 1.29 is 4.74 Å². The van der Waals surface area contributed by atoms with Gasteiger partial charge >= 0.3 is 0 Å². The second kappa shape index (κ2) is 6.75. The molecule has 2 aromatic rings. The molecular weight excluding hydrogens is 344 g/mol. The summed E-state index contributed by atoms with van der Waals surface area (Å²) in [6, 6.07) is 0. The van der Waals surface area contributed by atoms with E-state index in [0.717, 1.165) is 33.8 Å². The Morgan fingerprint density at radius 2 is 2.15 bits per heavy atom. The first-order valence-corrected chi connectivity index (χ1v) is 8.91. The maximum Gasteiger partial charge on any atom is 0.229 e. The molecule has 9 nitrogen and oxygen atoms in total. The third kappa shape index (κ3) is 3.19. The fourth-order valence-electron chi connectivity index (χ4n) is 3.13. The highest BCUT2D eigenvalue weighted by atomic mass is 16.5. The number of hydrazine groups is 1. The van der Waals surface area contributed by atoms with Gasteiger partial charge in [0.2, 0.25) is 5.95 Å². The largest absolute Gasteiger partial charge is 0.380 e. The fraction of sp³-hybridized carbons (Fsp3) is 0.444. The van der Waals surface area contributed by atoms with E-state index in [0.29, 0.717) is 19.2 Å². The van der Waals surface area contributed by atoms with Crippen LogP contribution in [-0.4, -0.2) is 62.5 Å². The average Bonchev–Trinajstić information content (AvgIpc) is 3.15. The number of aromatic nitrogens is 4. The van der Waals surface area contributed by atoms with Crippen molar-refractivity contribution in [1.29, 1.82) is 0 Å². The number of hydrogen-bond donors (Lipinski definition) is 1. The molecule has 4 heterocycles. The maximum absolute atomic E-state index is 5.37. The normalized spacial score (nSPS) is 18.3. The van der Waals surface area contributed by atoms with Crippen LogP contribution in [0.15, 0.2) is 34.7 Å². The summed E-state index contributed by atoms with van der Waals surface area (Å²) in [6.45, 7) is 7.31. The van der Waals surface area contributed by atoms with Crippen LogP contribution in [0.1, 0.15) is 19.5 Å². The highest BCUT2D eigenvalue weighted by Gasteiger charge is 2.24. The molecule has 142 valence electrons. The topological polar surface area (TPSA) is 83.7 Å². The summed E-state index contributed by atoms with van der Waals surface area (Å²) in [5.41, 5.74) is 3.73. The molecular formula is C18H24N8O. The van der Waals surface area contributed by atoms with Gasteiger partial charge in [-0.3, -0.25) is 5.01 Å². The summed E-state index contributed by atoms with van der Waals surface area (Å²) in [6.07, 6.45) is 5.94. The Labute approximate surface area is 158 Å². The Balaban J connectivity index is 1.64. The van der Waals surface area contributed by atoms with Gasteiger partial charge in [-0.1, -0.05) is 0 Å². The Morgan fingerprint density at radius 3 is 2.93 bits per heavy atom. The van der Waals surface area contributed by atoms with E-state index < -0.39 is 0 Å². The minimum atomic E-state index is 0.0496. The van der Waals surface area contributed by atoms with Crippen LogP contribution in [0.2, 0.25) is 0 Å². The van der Waals surface area contributed by atoms with Crippen LogP contribution < -0.4 is 5.32 Å². The third-order valence-corrected chi connectivity index (χ3v) is 4.81. The predicted molar refractivity (Wildman–Crippen MR) is 104 cm³/mol. The van der Waals surface area contributed by atoms with Crippen molar-refractivity contribution in [2.24, 2.45) is 4.99 Å². The monoisotopic (exact) mass is 368 g/mol. The van der Waals surface area contributed by atoms with Gasteiger partial charge < -0.3 is 10.1 Å². The van der Waals surface area contributed by atoms with Gasteiger partial charge in [-0.25, -0.2) is 14.7 Å². The molecule has 0 bridgehead atoms. The molecule has 2 aliphatic heterocycles. The molecule has 0 spiro atoms. The number of nitrogens with one attached hydrogen (secondary N) is 1. The van der Waals surface area contributed by atoms with E-state index in [-0.39, 0.29) is 6.10 Å². The molecule has 0 radical (unpaired) electrons. The molecule has 0 saturated heterocycles. The lowest BCUT2D eigenvalue weighted by atomic mass is 10.1. The number of nitrogens with zero attached hydrogens (tertiary/aromatic N) is 7. The molecule has 9 heteroatoms. The van der Waals surface area contributed by atoms with Crippen molar-refractivity contribution >= 4 is 22.8 Å². The number of amidine groups is 1. The summed E-state index contributed by atoms with van der Waals surface area (Å²) in [5.74, 6) is 1.48. The van der Waals surface area contributed by atoms with E-state index in [4.69, 9.17) is 9.72 Å². The maximum atomic E-state index is 5.37. The quantitative estimate of drug-likeness (QED) is 0.863. The van der Waals surface area contributed by atoms with Gasteiger partial charge in [0.25, 0.3) is 0 Å². The number of allylic oxidation sites excluding steroid dienone is 1. The molecule has 0 saturated carbocycles. The van der Waals surface area contributed by atoms with Crippen molar-refractivity contribution in [3.8, 4) is 0 Å². The van der Waals surface area contributed by atoms with Crippen molar-refractivity contribution in [1.82, 2.24) is 29.8 Å². The number of methoxy groups -OCH3 is 1. The lowest BCUT2D eigenvalue weighted by Gasteiger charge is -2.27. The standard InChI is InChI=1S/C18H24N8O/c1-11-6-16-20-10-24(4)26(16)9-15(11)21-18-19-7-14-13(3)23-25(17(14)22-18)8-12(2)27-5/h6-7,9,12H,8,10H2,1-5H3,(H,19,21,22). The number of ether oxygens (including phenoxy) is 1. The molecule has 2 aromatic heterocycles. The molecule has 1 N–H and O–H groups in total. The van der Waals surface area contributed by atoms with Crippen LogP contribution in [0.25, 0.3) is 11.0 Å². The lowest BCUT2D eigenvalue weighted by Crippen LogP contribution is -2.36. The van der Waals surface area contributed by atoms with Gasteiger partial charge in [-0.05, 0) is 32.4 Å². The van der Waals surface area contributed by atoms with Gasteiger partial charge in [-0.2, -0.15) is 15.1 Å². The molecule has 1 unspecified atom stereocenters. The van der Waals surface area contributed by atoms with Crippen LogP contribution in [0.4, 0.5) is 5.95 Å². The van der Waals surface area contributed by atoms with Crippen LogP contribution in [0.5, 0.6) is 0 Å². The van der Waals surface area contributed by atoms with E-state index in [1.165, 1.54) is 0 Å². The highest BCUT2D eigenvalue weighted by molar-refractivity contribution is 5.97. The van der Waals surface area contributed by atoms with E-state index in [9.17, 15) is 0 Å². The molecule has 27 heavy (non-hydrogen) atoms. The Hall–Kier alpha value is -2.78. The predicted octanol–water partition coefficient (Wildman–Crippen LogP) is 1.90.